The van der Waals surface area contributed by atoms with Crippen molar-refractivity contribution in [3.8, 4) is 0 Å². The van der Waals surface area contributed by atoms with E-state index < -0.39 is 0 Å². The number of hydrogen-bond acceptors (Lipinski definition) is 3. The summed E-state index contributed by atoms with van der Waals surface area (Å²) >= 11 is 5.76. The zero-order chi connectivity index (χ0) is 10.9. The van der Waals surface area contributed by atoms with Gasteiger partial charge >= 0.3 is 0 Å². The number of aromatic nitrogens is 2. The third kappa shape index (κ3) is 2.40. The lowest BCUT2D eigenvalue weighted by molar-refractivity contribution is 0.380. The molecule has 1 aliphatic rings. The zero-order valence-corrected chi connectivity index (χ0v) is 9.88. The van der Waals surface area contributed by atoms with Crippen LogP contribution in [-0.2, 0) is 0 Å². The van der Waals surface area contributed by atoms with Crippen LogP contribution in [0.15, 0.2) is 12.4 Å². The molecule has 4 heteroatoms. The maximum Gasteiger partial charge on any atom is 0.149 e. The maximum atomic E-state index is 5.76. The summed E-state index contributed by atoms with van der Waals surface area (Å²) in [5, 5.41) is 3.75. The molecule has 1 aromatic heterocycles. The van der Waals surface area contributed by atoms with E-state index in [1.807, 2.05) is 0 Å². The van der Waals surface area contributed by atoms with E-state index in [2.05, 4.69) is 29.1 Å². The fraction of sp³-hybridized carbons (Fsp3) is 0.636. The summed E-state index contributed by atoms with van der Waals surface area (Å²) in [5.41, 5.74) is 0.476. The predicted octanol–water partition coefficient (Wildman–Crippen LogP) is 2.98. The van der Waals surface area contributed by atoms with Crippen molar-refractivity contribution in [1.82, 2.24) is 9.97 Å². The minimum atomic E-state index is 0.439. The number of anilines is 1. The Morgan fingerprint density at radius 2 is 2.20 bits per heavy atom. The first kappa shape index (κ1) is 10.7. The molecule has 15 heavy (non-hydrogen) atoms. The summed E-state index contributed by atoms with van der Waals surface area (Å²) in [6.45, 7) is 5.52. The van der Waals surface area contributed by atoms with Gasteiger partial charge in [0, 0.05) is 6.54 Å². The first-order chi connectivity index (χ1) is 7.12. The summed E-state index contributed by atoms with van der Waals surface area (Å²) in [7, 11) is 0. The van der Waals surface area contributed by atoms with Crippen LogP contribution in [0.2, 0.25) is 5.15 Å². The molecule has 1 aromatic rings. The van der Waals surface area contributed by atoms with Crippen LogP contribution < -0.4 is 5.32 Å². The van der Waals surface area contributed by atoms with Gasteiger partial charge in [0.25, 0.3) is 0 Å². The second-order valence-electron chi connectivity index (χ2n) is 4.60. The lowest BCUT2D eigenvalue weighted by Crippen LogP contribution is -2.21. The highest BCUT2D eigenvalue weighted by atomic mass is 35.5. The summed E-state index contributed by atoms with van der Waals surface area (Å²) in [6.07, 6.45) is 5.88. The fourth-order valence-corrected chi connectivity index (χ4v) is 1.96. The zero-order valence-electron chi connectivity index (χ0n) is 9.13. The van der Waals surface area contributed by atoms with E-state index >= 15 is 0 Å². The first-order valence-corrected chi connectivity index (χ1v) is 5.72. The van der Waals surface area contributed by atoms with E-state index in [1.54, 1.807) is 12.4 Å². The molecule has 1 heterocycles. The predicted molar refractivity (Wildman–Crippen MR) is 62.0 cm³/mol. The Morgan fingerprint density at radius 1 is 1.47 bits per heavy atom. The molecule has 82 valence electrons. The van der Waals surface area contributed by atoms with E-state index in [0.717, 1.165) is 18.3 Å². The summed E-state index contributed by atoms with van der Waals surface area (Å²) in [6, 6.07) is 0. The number of nitrogens with one attached hydrogen (secondary N) is 1. The minimum absolute atomic E-state index is 0.439. The number of rotatable bonds is 4. The van der Waals surface area contributed by atoms with Gasteiger partial charge in [-0.15, -0.1) is 0 Å². The monoisotopic (exact) mass is 225 g/mol. The van der Waals surface area contributed by atoms with Gasteiger partial charge in [-0.25, -0.2) is 4.98 Å². The van der Waals surface area contributed by atoms with Crippen molar-refractivity contribution in [3.63, 3.8) is 0 Å². The van der Waals surface area contributed by atoms with Crippen molar-refractivity contribution in [3.05, 3.63) is 17.5 Å². The second-order valence-corrected chi connectivity index (χ2v) is 4.98. The molecular formula is C11H16ClN3. The van der Waals surface area contributed by atoms with Crippen LogP contribution in [0.5, 0.6) is 0 Å². The normalized spacial score (nSPS) is 17.9. The Hall–Kier alpha value is -0.830. The van der Waals surface area contributed by atoms with Crippen molar-refractivity contribution >= 4 is 17.4 Å². The van der Waals surface area contributed by atoms with Crippen molar-refractivity contribution in [1.29, 1.82) is 0 Å². The molecule has 0 bridgehead atoms. The molecule has 0 aliphatic heterocycles. The lowest BCUT2D eigenvalue weighted by atomic mass is 9.92. The van der Waals surface area contributed by atoms with E-state index in [1.165, 1.54) is 12.8 Å². The Bertz CT molecular complexity index is 347. The van der Waals surface area contributed by atoms with Crippen LogP contribution in [-0.4, -0.2) is 16.5 Å². The van der Waals surface area contributed by atoms with Crippen LogP contribution in [0.1, 0.15) is 26.7 Å². The van der Waals surface area contributed by atoms with Crippen molar-refractivity contribution < 1.29 is 0 Å². The molecule has 1 saturated carbocycles. The lowest BCUT2D eigenvalue weighted by Gasteiger charge is -2.20. The number of hydrogen-bond donors (Lipinski definition) is 1. The summed E-state index contributed by atoms with van der Waals surface area (Å²) in [4.78, 5) is 8.15. The van der Waals surface area contributed by atoms with Gasteiger partial charge in [-0.1, -0.05) is 25.4 Å². The molecule has 1 aliphatic carbocycles. The SMILES string of the molecule is CC(C)C1(CNc2cncc(Cl)n2)CC1. The molecule has 1 fully saturated rings. The van der Waals surface area contributed by atoms with Crippen LogP contribution in [0.4, 0.5) is 5.82 Å². The summed E-state index contributed by atoms with van der Waals surface area (Å²) < 4.78 is 0. The smallest absolute Gasteiger partial charge is 0.149 e. The number of nitrogens with zero attached hydrogens (tertiary/aromatic N) is 2. The molecule has 1 N–H and O–H groups in total. The Labute approximate surface area is 95.3 Å². The molecule has 0 saturated heterocycles. The van der Waals surface area contributed by atoms with Crippen LogP contribution in [0.3, 0.4) is 0 Å². The van der Waals surface area contributed by atoms with Gasteiger partial charge < -0.3 is 5.32 Å². The van der Waals surface area contributed by atoms with Crippen molar-refractivity contribution in [2.45, 2.75) is 26.7 Å². The Morgan fingerprint density at radius 3 is 2.73 bits per heavy atom. The number of halogens is 1. The molecule has 2 rings (SSSR count). The van der Waals surface area contributed by atoms with Gasteiger partial charge in [0.1, 0.15) is 11.0 Å². The first-order valence-electron chi connectivity index (χ1n) is 5.34. The highest BCUT2D eigenvalue weighted by Gasteiger charge is 2.44. The van der Waals surface area contributed by atoms with Gasteiger partial charge in [-0.2, -0.15) is 0 Å². The van der Waals surface area contributed by atoms with Crippen LogP contribution >= 0.6 is 11.6 Å². The average molecular weight is 226 g/mol. The van der Waals surface area contributed by atoms with E-state index in [9.17, 15) is 0 Å². The topological polar surface area (TPSA) is 37.8 Å². The van der Waals surface area contributed by atoms with Gasteiger partial charge in [0.15, 0.2) is 0 Å². The van der Waals surface area contributed by atoms with Crippen molar-refractivity contribution in [2.24, 2.45) is 11.3 Å². The van der Waals surface area contributed by atoms with Crippen LogP contribution in [0.25, 0.3) is 0 Å². The molecule has 0 aromatic carbocycles. The molecule has 3 nitrogen and oxygen atoms in total. The third-order valence-corrected chi connectivity index (χ3v) is 3.53. The molecular weight excluding hydrogens is 210 g/mol. The maximum absolute atomic E-state index is 5.76. The molecule has 0 atom stereocenters. The van der Waals surface area contributed by atoms with Crippen molar-refractivity contribution in [2.75, 3.05) is 11.9 Å². The Balaban J connectivity index is 1.94. The second kappa shape index (κ2) is 3.97. The van der Waals surface area contributed by atoms with Gasteiger partial charge in [0.05, 0.1) is 12.4 Å². The average Bonchev–Trinajstić information content (AvgIpc) is 2.96. The minimum Gasteiger partial charge on any atom is -0.368 e. The van der Waals surface area contributed by atoms with Gasteiger partial charge in [0.2, 0.25) is 0 Å². The summed E-state index contributed by atoms with van der Waals surface area (Å²) in [5.74, 6) is 1.49. The van der Waals surface area contributed by atoms with Crippen LogP contribution in [0, 0.1) is 11.3 Å². The van der Waals surface area contributed by atoms with E-state index in [-0.39, 0.29) is 0 Å². The standard InChI is InChI=1S/C11H16ClN3/c1-8(2)11(3-4-11)7-14-10-6-13-5-9(12)15-10/h5-6,8H,3-4,7H2,1-2H3,(H,14,15). The Kier molecular flexibility index (Phi) is 2.83. The molecule has 0 radical (unpaired) electrons. The quantitative estimate of drug-likeness (QED) is 0.856. The van der Waals surface area contributed by atoms with E-state index in [4.69, 9.17) is 11.6 Å². The highest BCUT2D eigenvalue weighted by molar-refractivity contribution is 6.29. The fourth-order valence-electron chi connectivity index (χ4n) is 1.81. The third-order valence-electron chi connectivity index (χ3n) is 3.34. The molecule has 0 spiro atoms. The molecule has 0 unspecified atom stereocenters. The molecule has 0 amide bonds. The highest BCUT2D eigenvalue weighted by Crippen LogP contribution is 2.51. The van der Waals surface area contributed by atoms with E-state index in [0.29, 0.717) is 10.6 Å². The largest absolute Gasteiger partial charge is 0.368 e. The van der Waals surface area contributed by atoms with Gasteiger partial charge in [-0.3, -0.25) is 4.98 Å². The van der Waals surface area contributed by atoms with Gasteiger partial charge in [-0.05, 0) is 24.2 Å².